The highest BCUT2D eigenvalue weighted by atomic mass is 16.5. The SMILES string of the molecule is C#CC(=C)Oc1cc(-c2cnc(Nc3ccc(C(=O)N4CCOCC45CC5)cc3OC)nc2)ccc1C#N. The summed E-state index contributed by atoms with van der Waals surface area (Å²) in [4.78, 5) is 24.0. The van der Waals surface area contributed by atoms with Crippen LogP contribution >= 0.6 is 0 Å². The predicted molar refractivity (Wildman–Crippen MR) is 141 cm³/mol. The molecule has 0 unspecified atom stereocenters. The van der Waals surface area contributed by atoms with E-state index in [0.29, 0.717) is 59.6 Å². The standard InChI is InChI=1S/C29H25N5O4/c1-4-19(2)38-25-13-20(5-6-22(25)15-30)23-16-31-28(32-17-23)33-24-8-7-21(14-26(24)36-3)27(35)34-11-12-37-18-29(34)9-10-29/h1,5-8,13-14,16-17H,2,9-12,18H2,3H3,(H,31,32,33). The molecule has 1 aliphatic carbocycles. The number of hydrogen-bond donors (Lipinski definition) is 1. The second kappa shape index (κ2) is 10.3. The summed E-state index contributed by atoms with van der Waals surface area (Å²) in [6.45, 7) is 5.36. The number of nitriles is 1. The zero-order chi connectivity index (χ0) is 26.7. The average Bonchev–Trinajstić information content (AvgIpc) is 3.72. The van der Waals surface area contributed by atoms with Gasteiger partial charge in [0, 0.05) is 30.1 Å². The molecule has 2 aromatic carbocycles. The van der Waals surface area contributed by atoms with Crippen LogP contribution in [0, 0.1) is 23.7 Å². The van der Waals surface area contributed by atoms with Crippen molar-refractivity contribution in [3.05, 3.63) is 72.3 Å². The molecule has 1 aromatic heterocycles. The average molecular weight is 508 g/mol. The van der Waals surface area contributed by atoms with Crippen molar-refractivity contribution in [3.63, 3.8) is 0 Å². The van der Waals surface area contributed by atoms with E-state index in [2.05, 4.69) is 33.9 Å². The van der Waals surface area contributed by atoms with Crippen LogP contribution in [-0.2, 0) is 4.74 Å². The fraction of sp³-hybridized carbons (Fsp3) is 0.241. The minimum atomic E-state index is -0.147. The number of morpholine rings is 1. The van der Waals surface area contributed by atoms with E-state index in [0.717, 1.165) is 18.4 Å². The van der Waals surface area contributed by atoms with Gasteiger partial charge < -0.3 is 24.4 Å². The van der Waals surface area contributed by atoms with Crippen LogP contribution in [0.25, 0.3) is 11.1 Å². The van der Waals surface area contributed by atoms with E-state index in [4.69, 9.17) is 20.6 Å². The lowest BCUT2D eigenvalue weighted by Gasteiger charge is -2.36. The number of rotatable bonds is 7. The van der Waals surface area contributed by atoms with Crippen molar-refractivity contribution in [1.82, 2.24) is 14.9 Å². The molecule has 1 saturated carbocycles. The van der Waals surface area contributed by atoms with Gasteiger partial charge in [0.1, 0.15) is 17.6 Å². The molecule has 5 rings (SSSR count). The molecular weight excluding hydrogens is 482 g/mol. The summed E-state index contributed by atoms with van der Waals surface area (Å²) < 4.78 is 16.7. The number of benzene rings is 2. The Labute approximate surface area is 220 Å². The first-order valence-corrected chi connectivity index (χ1v) is 12.0. The van der Waals surface area contributed by atoms with Crippen LogP contribution in [0.4, 0.5) is 11.6 Å². The third kappa shape index (κ3) is 4.88. The topological polar surface area (TPSA) is 110 Å². The van der Waals surface area contributed by atoms with E-state index < -0.39 is 0 Å². The Morgan fingerprint density at radius 3 is 2.66 bits per heavy atom. The molecule has 9 nitrogen and oxygen atoms in total. The number of hydrogen-bond acceptors (Lipinski definition) is 8. The van der Waals surface area contributed by atoms with Crippen molar-refractivity contribution >= 4 is 17.5 Å². The maximum absolute atomic E-state index is 13.2. The minimum absolute atomic E-state index is 0.0205. The number of carbonyl (C=O) groups excluding carboxylic acids is 1. The number of carbonyl (C=O) groups is 1. The number of amides is 1. The molecule has 2 heterocycles. The molecule has 0 atom stereocenters. The van der Waals surface area contributed by atoms with E-state index >= 15 is 0 Å². The molecule has 1 saturated heterocycles. The molecule has 38 heavy (non-hydrogen) atoms. The molecule has 190 valence electrons. The minimum Gasteiger partial charge on any atom is -0.495 e. The van der Waals surface area contributed by atoms with Gasteiger partial charge in [0.25, 0.3) is 5.91 Å². The monoisotopic (exact) mass is 507 g/mol. The summed E-state index contributed by atoms with van der Waals surface area (Å²) >= 11 is 0. The second-order valence-electron chi connectivity index (χ2n) is 9.06. The van der Waals surface area contributed by atoms with E-state index in [1.807, 2.05) is 4.90 Å². The van der Waals surface area contributed by atoms with Gasteiger partial charge in [-0.25, -0.2) is 9.97 Å². The molecule has 1 N–H and O–H groups in total. The first kappa shape index (κ1) is 24.8. The molecule has 1 spiro atoms. The van der Waals surface area contributed by atoms with E-state index in [-0.39, 0.29) is 17.2 Å². The summed E-state index contributed by atoms with van der Waals surface area (Å²) in [5, 5.41) is 12.5. The number of allylic oxidation sites excluding steroid dienone is 1. The van der Waals surface area contributed by atoms with Crippen LogP contribution in [0.2, 0.25) is 0 Å². The Hall–Kier alpha value is -4.86. The zero-order valence-electron chi connectivity index (χ0n) is 20.9. The summed E-state index contributed by atoms with van der Waals surface area (Å²) in [6.07, 6.45) is 10.6. The van der Waals surface area contributed by atoms with Gasteiger partial charge in [-0.3, -0.25) is 4.79 Å². The number of nitrogens with zero attached hydrogens (tertiary/aromatic N) is 4. The fourth-order valence-electron chi connectivity index (χ4n) is 4.39. The fourth-order valence-corrected chi connectivity index (χ4v) is 4.39. The van der Waals surface area contributed by atoms with Gasteiger partial charge in [0.2, 0.25) is 5.95 Å². The third-order valence-electron chi connectivity index (χ3n) is 6.65. The Kier molecular flexibility index (Phi) is 6.69. The lowest BCUT2D eigenvalue weighted by molar-refractivity contribution is -0.0117. The summed E-state index contributed by atoms with van der Waals surface area (Å²) in [6, 6.07) is 12.5. The van der Waals surface area contributed by atoms with E-state index in [1.165, 1.54) is 0 Å². The van der Waals surface area contributed by atoms with Crippen molar-refractivity contribution in [2.45, 2.75) is 18.4 Å². The Morgan fingerprint density at radius 2 is 1.97 bits per heavy atom. The lowest BCUT2D eigenvalue weighted by atomic mass is 10.1. The summed E-state index contributed by atoms with van der Waals surface area (Å²) in [7, 11) is 1.55. The molecule has 2 aliphatic rings. The molecule has 9 heteroatoms. The van der Waals surface area contributed by atoms with Gasteiger partial charge in [-0.15, -0.1) is 6.42 Å². The van der Waals surface area contributed by atoms with Gasteiger partial charge in [-0.2, -0.15) is 5.26 Å². The normalized spacial score (nSPS) is 15.2. The highest BCUT2D eigenvalue weighted by Gasteiger charge is 2.52. The van der Waals surface area contributed by atoms with Crippen molar-refractivity contribution in [2.75, 3.05) is 32.2 Å². The summed E-state index contributed by atoms with van der Waals surface area (Å²) in [5.74, 6) is 3.54. The Bertz CT molecular complexity index is 1480. The Balaban J connectivity index is 1.33. The quantitative estimate of drug-likeness (QED) is 0.372. The largest absolute Gasteiger partial charge is 0.495 e. The van der Waals surface area contributed by atoms with Gasteiger partial charge in [-0.05, 0) is 61.2 Å². The van der Waals surface area contributed by atoms with Crippen molar-refractivity contribution in [1.29, 1.82) is 5.26 Å². The predicted octanol–water partition coefficient (Wildman–Crippen LogP) is 4.30. The zero-order valence-corrected chi connectivity index (χ0v) is 20.9. The van der Waals surface area contributed by atoms with Crippen LogP contribution < -0.4 is 14.8 Å². The maximum Gasteiger partial charge on any atom is 0.254 e. The Morgan fingerprint density at radius 1 is 1.18 bits per heavy atom. The van der Waals surface area contributed by atoms with Gasteiger partial charge >= 0.3 is 0 Å². The first-order valence-electron chi connectivity index (χ1n) is 12.0. The van der Waals surface area contributed by atoms with E-state index in [1.54, 1.807) is 55.9 Å². The highest BCUT2D eigenvalue weighted by molar-refractivity contribution is 5.96. The lowest BCUT2D eigenvalue weighted by Crippen LogP contribution is -2.50. The summed E-state index contributed by atoms with van der Waals surface area (Å²) in [5.41, 5.74) is 2.83. The van der Waals surface area contributed by atoms with Gasteiger partial charge in [0.15, 0.2) is 5.76 Å². The molecule has 0 radical (unpaired) electrons. The number of nitrogens with one attached hydrogen (secondary N) is 1. The molecule has 1 aliphatic heterocycles. The van der Waals surface area contributed by atoms with Crippen LogP contribution in [-0.4, -0.2) is 53.2 Å². The molecule has 2 fully saturated rings. The van der Waals surface area contributed by atoms with Crippen molar-refractivity contribution < 1.29 is 19.0 Å². The molecular formula is C29H25N5O4. The molecule has 0 bridgehead atoms. The number of aromatic nitrogens is 2. The maximum atomic E-state index is 13.2. The van der Waals surface area contributed by atoms with Crippen LogP contribution in [0.1, 0.15) is 28.8 Å². The van der Waals surface area contributed by atoms with Crippen LogP contribution in [0.15, 0.2) is 61.1 Å². The molecule has 3 aromatic rings. The van der Waals surface area contributed by atoms with Gasteiger partial charge in [0.05, 0.1) is 37.1 Å². The van der Waals surface area contributed by atoms with Crippen molar-refractivity contribution in [2.24, 2.45) is 0 Å². The number of terminal acetylenes is 1. The van der Waals surface area contributed by atoms with Crippen molar-refractivity contribution in [3.8, 4) is 41.0 Å². The number of anilines is 2. The van der Waals surface area contributed by atoms with E-state index in [9.17, 15) is 10.1 Å². The highest BCUT2D eigenvalue weighted by Crippen LogP contribution is 2.44. The number of ether oxygens (including phenoxy) is 3. The first-order chi connectivity index (χ1) is 18.5. The number of methoxy groups -OCH3 is 1. The second-order valence-corrected chi connectivity index (χ2v) is 9.06. The smallest absolute Gasteiger partial charge is 0.254 e. The third-order valence-corrected chi connectivity index (χ3v) is 6.65. The van der Waals surface area contributed by atoms with Crippen LogP contribution in [0.5, 0.6) is 11.5 Å². The van der Waals surface area contributed by atoms with Crippen LogP contribution in [0.3, 0.4) is 0 Å². The van der Waals surface area contributed by atoms with Gasteiger partial charge in [-0.1, -0.05) is 6.07 Å². The molecule has 1 amide bonds.